The van der Waals surface area contributed by atoms with E-state index in [1.165, 1.54) is 0 Å². The lowest BCUT2D eigenvalue weighted by Crippen LogP contribution is -2.27. The smallest absolute Gasteiger partial charge is 0.222 e. The molecule has 0 radical (unpaired) electrons. The van der Waals surface area contributed by atoms with Gasteiger partial charge in [-0.1, -0.05) is 6.07 Å². The van der Waals surface area contributed by atoms with E-state index in [0.29, 0.717) is 24.5 Å². The maximum Gasteiger partial charge on any atom is 0.222 e. The van der Waals surface area contributed by atoms with E-state index in [0.717, 1.165) is 12.0 Å². The first kappa shape index (κ1) is 16.9. The van der Waals surface area contributed by atoms with Crippen molar-refractivity contribution in [2.45, 2.75) is 25.8 Å². The zero-order valence-electron chi connectivity index (χ0n) is 13.8. The SMILES string of the molecule is COc1ccc(CCNC(=O)CC(C)n2cccn2)cc1OC. The van der Waals surface area contributed by atoms with Gasteiger partial charge in [-0.05, 0) is 37.1 Å². The maximum absolute atomic E-state index is 12.0. The van der Waals surface area contributed by atoms with Crippen LogP contribution in [-0.2, 0) is 11.2 Å². The normalized spacial score (nSPS) is 11.8. The van der Waals surface area contributed by atoms with Crippen molar-refractivity contribution in [1.82, 2.24) is 15.1 Å². The largest absolute Gasteiger partial charge is 0.493 e. The Morgan fingerprint density at radius 3 is 2.74 bits per heavy atom. The summed E-state index contributed by atoms with van der Waals surface area (Å²) in [5.41, 5.74) is 1.09. The molecular formula is C17H23N3O3. The summed E-state index contributed by atoms with van der Waals surface area (Å²) in [7, 11) is 3.22. The van der Waals surface area contributed by atoms with Crippen molar-refractivity contribution in [3.63, 3.8) is 0 Å². The average Bonchev–Trinajstić information content (AvgIpc) is 3.09. The number of carbonyl (C=O) groups excluding carboxylic acids is 1. The Labute approximate surface area is 136 Å². The van der Waals surface area contributed by atoms with Crippen LogP contribution < -0.4 is 14.8 Å². The van der Waals surface area contributed by atoms with Gasteiger partial charge in [-0.15, -0.1) is 0 Å². The molecule has 124 valence electrons. The lowest BCUT2D eigenvalue weighted by molar-refractivity contribution is -0.121. The molecule has 1 aromatic heterocycles. The quantitative estimate of drug-likeness (QED) is 0.811. The summed E-state index contributed by atoms with van der Waals surface area (Å²) in [5.74, 6) is 1.42. The molecule has 0 aliphatic rings. The molecule has 0 aliphatic heterocycles. The van der Waals surface area contributed by atoms with E-state index in [1.807, 2.05) is 37.4 Å². The summed E-state index contributed by atoms with van der Waals surface area (Å²) >= 11 is 0. The number of aromatic nitrogens is 2. The second-order valence-electron chi connectivity index (χ2n) is 5.33. The van der Waals surface area contributed by atoms with Gasteiger partial charge in [0.1, 0.15) is 0 Å². The number of methoxy groups -OCH3 is 2. The third kappa shape index (κ3) is 4.74. The molecule has 0 bridgehead atoms. The summed E-state index contributed by atoms with van der Waals surface area (Å²) in [5, 5.41) is 7.08. The van der Waals surface area contributed by atoms with E-state index in [4.69, 9.17) is 9.47 Å². The summed E-state index contributed by atoms with van der Waals surface area (Å²) < 4.78 is 12.3. The maximum atomic E-state index is 12.0. The number of rotatable bonds is 8. The molecule has 0 spiro atoms. The Hall–Kier alpha value is -2.50. The zero-order valence-corrected chi connectivity index (χ0v) is 13.8. The molecule has 0 fully saturated rings. The molecule has 1 amide bonds. The van der Waals surface area contributed by atoms with Gasteiger partial charge in [0.15, 0.2) is 11.5 Å². The van der Waals surface area contributed by atoms with E-state index in [9.17, 15) is 4.79 Å². The van der Waals surface area contributed by atoms with Gasteiger partial charge in [0, 0.05) is 25.4 Å². The lowest BCUT2D eigenvalue weighted by atomic mass is 10.1. The van der Waals surface area contributed by atoms with Crippen LogP contribution >= 0.6 is 0 Å². The second-order valence-corrected chi connectivity index (χ2v) is 5.33. The number of nitrogens with zero attached hydrogens (tertiary/aromatic N) is 2. The lowest BCUT2D eigenvalue weighted by Gasteiger charge is -2.13. The average molecular weight is 317 g/mol. The van der Waals surface area contributed by atoms with Crippen LogP contribution in [0.3, 0.4) is 0 Å². The van der Waals surface area contributed by atoms with Crippen molar-refractivity contribution in [2.75, 3.05) is 20.8 Å². The predicted octanol–water partition coefficient (Wildman–Crippen LogP) is 2.21. The highest BCUT2D eigenvalue weighted by molar-refractivity contribution is 5.76. The van der Waals surface area contributed by atoms with Crippen molar-refractivity contribution in [3.8, 4) is 11.5 Å². The van der Waals surface area contributed by atoms with Crippen molar-refractivity contribution < 1.29 is 14.3 Å². The van der Waals surface area contributed by atoms with E-state index in [1.54, 1.807) is 25.1 Å². The van der Waals surface area contributed by atoms with Gasteiger partial charge >= 0.3 is 0 Å². The molecule has 1 heterocycles. The molecule has 1 unspecified atom stereocenters. The summed E-state index contributed by atoms with van der Waals surface area (Å²) in [6.45, 7) is 2.56. The molecule has 1 N–H and O–H groups in total. The highest BCUT2D eigenvalue weighted by Crippen LogP contribution is 2.27. The Bertz CT molecular complexity index is 626. The van der Waals surface area contributed by atoms with E-state index in [-0.39, 0.29) is 11.9 Å². The number of ether oxygens (including phenoxy) is 2. The van der Waals surface area contributed by atoms with Crippen LogP contribution in [0.4, 0.5) is 0 Å². The van der Waals surface area contributed by atoms with Gasteiger partial charge in [0.2, 0.25) is 5.91 Å². The van der Waals surface area contributed by atoms with Crippen LogP contribution in [0.1, 0.15) is 24.9 Å². The third-order valence-corrected chi connectivity index (χ3v) is 3.64. The van der Waals surface area contributed by atoms with Crippen molar-refractivity contribution >= 4 is 5.91 Å². The summed E-state index contributed by atoms with van der Waals surface area (Å²) in [4.78, 5) is 12.0. The molecule has 0 saturated carbocycles. The number of amides is 1. The molecule has 0 saturated heterocycles. The van der Waals surface area contributed by atoms with E-state index < -0.39 is 0 Å². The number of hydrogen-bond donors (Lipinski definition) is 1. The fourth-order valence-electron chi connectivity index (χ4n) is 2.36. The number of carbonyl (C=O) groups is 1. The second kappa shape index (κ2) is 8.22. The predicted molar refractivity (Wildman–Crippen MR) is 87.8 cm³/mol. The minimum atomic E-state index is 0.0217. The van der Waals surface area contributed by atoms with Crippen molar-refractivity contribution in [2.24, 2.45) is 0 Å². The van der Waals surface area contributed by atoms with Crippen LogP contribution in [0.5, 0.6) is 11.5 Å². The van der Waals surface area contributed by atoms with Gasteiger partial charge in [-0.25, -0.2) is 0 Å². The number of nitrogens with one attached hydrogen (secondary N) is 1. The molecule has 1 atom stereocenters. The third-order valence-electron chi connectivity index (χ3n) is 3.64. The molecule has 0 aliphatic carbocycles. The first-order valence-corrected chi connectivity index (χ1v) is 7.60. The van der Waals surface area contributed by atoms with Gasteiger partial charge in [-0.3, -0.25) is 9.48 Å². The molecule has 6 nitrogen and oxygen atoms in total. The van der Waals surface area contributed by atoms with Crippen LogP contribution in [-0.4, -0.2) is 36.5 Å². The highest BCUT2D eigenvalue weighted by atomic mass is 16.5. The molecular weight excluding hydrogens is 294 g/mol. The fraction of sp³-hybridized carbons (Fsp3) is 0.412. The molecule has 2 rings (SSSR count). The summed E-state index contributed by atoms with van der Waals surface area (Å²) in [6, 6.07) is 7.67. The van der Waals surface area contributed by atoms with E-state index >= 15 is 0 Å². The number of hydrogen-bond acceptors (Lipinski definition) is 4. The minimum Gasteiger partial charge on any atom is -0.493 e. The van der Waals surface area contributed by atoms with Gasteiger partial charge in [0.05, 0.1) is 20.3 Å². The molecule has 2 aromatic rings. The summed E-state index contributed by atoms with van der Waals surface area (Å²) in [6.07, 6.45) is 4.73. The van der Waals surface area contributed by atoms with Crippen LogP contribution in [0.2, 0.25) is 0 Å². The first-order valence-electron chi connectivity index (χ1n) is 7.60. The zero-order chi connectivity index (χ0) is 16.7. The molecule has 1 aromatic carbocycles. The topological polar surface area (TPSA) is 65.4 Å². The Kier molecular flexibility index (Phi) is 6.02. The van der Waals surface area contributed by atoms with Crippen molar-refractivity contribution in [1.29, 1.82) is 0 Å². The van der Waals surface area contributed by atoms with Crippen molar-refractivity contribution in [3.05, 3.63) is 42.2 Å². The van der Waals surface area contributed by atoms with Crippen LogP contribution in [0, 0.1) is 0 Å². The molecule has 6 heteroatoms. The monoisotopic (exact) mass is 317 g/mol. The molecule has 23 heavy (non-hydrogen) atoms. The first-order chi connectivity index (χ1) is 11.1. The standard InChI is InChI=1S/C17H23N3O3/c1-13(20-10-4-8-19-20)11-17(21)18-9-7-14-5-6-15(22-2)16(12-14)23-3/h4-6,8,10,12-13H,7,9,11H2,1-3H3,(H,18,21). The Morgan fingerprint density at radius 2 is 2.09 bits per heavy atom. The Morgan fingerprint density at radius 1 is 1.30 bits per heavy atom. The number of benzene rings is 1. The minimum absolute atomic E-state index is 0.0217. The van der Waals surface area contributed by atoms with Gasteiger partial charge in [-0.2, -0.15) is 5.10 Å². The highest BCUT2D eigenvalue weighted by Gasteiger charge is 2.10. The van der Waals surface area contributed by atoms with Gasteiger partial charge in [0.25, 0.3) is 0 Å². The fourth-order valence-corrected chi connectivity index (χ4v) is 2.36. The van der Waals surface area contributed by atoms with E-state index in [2.05, 4.69) is 10.4 Å². The van der Waals surface area contributed by atoms with Gasteiger partial charge < -0.3 is 14.8 Å². The van der Waals surface area contributed by atoms with Crippen LogP contribution in [0.15, 0.2) is 36.7 Å². The van der Waals surface area contributed by atoms with Crippen LogP contribution in [0.25, 0.3) is 0 Å². The Balaban J connectivity index is 1.79.